The van der Waals surface area contributed by atoms with Gasteiger partial charge in [0.15, 0.2) is 0 Å². The molecular weight excluding hydrogens is 310 g/mol. The van der Waals surface area contributed by atoms with E-state index in [1.54, 1.807) is 18.5 Å². The lowest BCUT2D eigenvalue weighted by molar-refractivity contribution is 0.0919. The van der Waals surface area contributed by atoms with Gasteiger partial charge in [0.1, 0.15) is 0 Å². The number of hydrogen-bond donors (Lipinski definition) is 1. The summed E-state index contributed by atoms with van der Waals surface area (Å²) in [5, 5.41) is 3.15. The summed E-state index contributed by atoms with van der Waals surface area (Å²) in [7, 11) is 0. The van der Waals surface area contributed by atoms with Crippen LogP contribution in [0.15, 0.2) is 73.7 Å². The monoisotopic (exact) mass is 333 g/mol. The summed E-state index contributed by atoms with van der Waals surface area (Å²) >= 11 is 0. The summed E-state index contributed by atoms with van der Waals surface area (Å²) in [5.41, 5.74) is 3.64. The molecule has 1 fully saturated rings. The largest absolute Gasteiger partial charge is 0.372 e. The van der Waals surface area contributed by atoms with Gasteiger partial charge in [0.2, 0.25) is 0 Å². The summed E-state index contributed by atoms with van der Waals surface area (Å²) in [5.74, 6) is -0.0215. The summed E-state index contributed by atoms with van der Waals surface area (Å²) in [4.78, 5) is 18.9. The van der Waals surface area contributed by atoms with E-state index in [9.17, 15) is 4.79 Å². The normalized spacial score (nSPS) is 14.8. The number of carbonyl (C=O) groups is 1. The average Bonchev–Trinajstić information content (AvgIpc) is 2.68. The topological polar surface area (TPSA) is 45.2 Å². The molecule has 1 aromatic heterocycles. The van der Waals surface area contributed by atoms with Crippen LogP contribution in [0.25, 0.3) is 11.1 Å². The van der Waals surface area contributed by atoms with Crippen LogP contribution in [0.2, 0.25) is 0 Å². The van der Waals surface area contributed by atoms with E-state index >= 15 is 0 Å². The first-order valence-corrected chi connectivity index (χ1v) is 8.55. The van der Waals surface area contributed by atoms with E-state index in [-0.39, 0.29) is 11.9 Å². The van der Waals surface area contributed by atoms with Gasteiger partial charge in [0.05, 0.1) is 0 Å². The summed E-state index contributed by atoms with van der Waals surface area (Å²) in [6, 6.07) is 11.8. The Morgan fingerprint density at radius 2 is 1.96 bits per heavy atom. The van der Waals surface area contributed by atoms with Crippen molar-refractivity contribution in [2.75, 3.05) is 13.1 Å². The minimum Gasteiger partial charge on any atom is -0.372 e. The van der Waals surface area contributed by atoms with Gasteiger partial charge in [-0.2, -0.15) is 0 Å². The van der Waals surface area contributed by atoms with Crippen LogP contribution in [0.4, 0.5) is 0 Å². The van der Waals surface area contributed by atoms with Crippen LogP contribution in [0.1, 0.15) is 23.2 Å². The van der Waals surface area contributed by atoms with Crippen molar-refractivity contribution in [1.29, 1.82) is 0 Å². The van der Waals surface area contributed by atoms with Gasteiger partial charge in [-0.15, -0.1) is 0 Å². The Kier molecular flexibility index (Phi) is 5.29. The number of benzene rings is 1. The lowest BCUT2D eigenvalue weighted by atomic mass is 10.0. The quantitative estimate of drug-likeness (QED) is 0.850. The Morgan fingerprint density at radius 1 is 1.20 bits per heavy atom. The van der Waals surface area contributed by atoms with Gasteiger partial charge in [-0.3, -0.25) is 9.78 Å². The molecule has 4 heteroatoms. The first-order chi connectivity index (χ1) is 12.2. The van der Waals surface area contributed by atoms with E-state index in [1.807, 2.05) is 36.4 Å². The molecule has 2 aromatic rings. The SMILES string of the molecule is C=CC(=C)N1CCC(NC(=O)c2cccc(-c3cccnc3)c2)CC1. The number of carbonyl (C=O) groups excluding carboxylic acids is 1. The van der Waals surface area contributed by atoms with Crippen LogP contribution in [0.3, 0.4) is 0 Å². The Balaban J connectivity index is 1.63. The molecule has 2 heterocycles. The number of likely N-dealkylation sites (tertiary alicyclic amines) is 1. The highest BCUT2D eigenvalue weighted by Gasteiger charge is 2.21. The number of piperidine rings is 1. The van der Waals surface area contributed by atoms with Crippen LogP contribution in [-0.2, 0) is 0 Å². The maximum atomic E-state index is 12.6. The molecule has 3 rings (SSSR count). The first kappa shape index (κ1) is 17.0. The molecule has 0 atom stereocenters. The Morgan fingerprint density at radius 3 is 2.64 bits per heavy atom. The third kappa shape index (κ3) is 4.15. The molecule has 0 bridgehead atoms. The fourth-order valence-corrected chi connectivity index (χ4v) is 3.08. The predicted molar refractivity (Wildman–Crippen MR) is 101 cm³/mol. The second kappa shape index (κ2) is 7.79. The average molecular weight is 333 g/mol. The summed E-state index contributed by atoms with van der Waals surface area (Å²) in [6.07, 6.45) is 7.16. The lowest BCUT2D eigenvalue weighted by Gasteiger charge is -2.34. The van der Waals surface area contributed by atoms with Crippen LogP contribution in [0, 0.1) is 0 Å². The molecule has 1 aliphatic rings. The first-order valence-electron chi connectivity index (χ1n) is 8.55. The van der Waals surface area contributed by atoms with Gasteiger partial charge in [-0.05, 0) is 42.7 Å². The third-order valence-corrected chi connectivity index (χ3v) is 4.59. The fraction of sp³-hybridized carbons (Fsp3) is 0.238. The van der Waals surface area contributed by atoms with Crippen molar-refractivity contribution in [3.05, 3.63) is 79.3 Å². The number of rotatable bonds is 5. The van der Waals surface area contributed by atoms with Gasteiger partial charge < -0.3 is 10.2 Å². The van der Waals surface area contributed by atoms with Crippen molar-refractivity contribution in [3.63, 3.8) is 0 Å². The second-order valence-electron chi connectivity index (χ2n) is 6.25. The van der Waals surface area contributed by atoms with E-state index in [4.69, 9.17) is 0 Å². The Labute approximate surface area is 148 Å². The van der Waals surface area contributed by atoms with Gasteiger partial charge in [0.25, 0.3) is 5.91 Å². The second-order valence-corrected chi connectivity index (χ2v) is 6.25. The molecule has 1 aromatic carbocycles. The van der Waals surface area contributed by atoms with E-state index in [0.717, 1.165) is 42.8 Å². The summed E-state index contributed by atoms with van der Waals surface area (Å²) in [6.45, 7) is 9.53. The number of amides is 1. The maximum absolute atomic E-state index is 12.6. The summed E-state index contributed by atoms with van der Waals surface area (Å²) < 4.78 is 0. The van der Waals surface area contributed by atoms with E-state index < -0.39 is 0 Å². The number of nitrogens with zero attached hydrogens (tertiary/aromatic N) is 2. The lowest BCUT2D eigenvalue weighted by Crippen LogP contribution is -2.44. The van der Waals surface area contributed by atoms with Crippen LogP contribution >= 0.6 is 0 Å². The minimum atomic E-state index is -0.0215. The van der Waals surface area contributed by atoms with Crippen molar-refractivity contribution >= 4 is 5.91 Å². The zero-order valence-electron chi connectivity index (χ0n) is 14.3. The van der Waals surface area contributed by atoms with E-state index in [1.165, 1.54) is 0 Å². The molecular formula is C21H23N3O. The van der Waals surface area contributed by atoms with Crippen molar-refractivity contribution < 1.29 is 4.79 Å². The fourth-order valence-electron chi connectivity index (χ4n) is 3.08. The Hall–Kier alpha value is -2.88. The number of allylic oxidation sites excluding steroid dienone is 1. The highest BCUT2D eigenvalue weighted by atomic mass is 16.1. The van der Waals surface area contributed by atoms with Crippen molar-refractivity contribution in [1.82, 2.24) is 15.2 Å². The van der Waals surface area contributed by atoms with Gasteiger partial charge in [-0.1, -0.05) is 31.4 Å². The van der Waals surface area contributed by atoms with Crippen LogP contribution < -0.4 is 5.32 Å². The maximum Gasteiger partial charge on any atom is 0.251 e. The molecule has 0 aliphatic carbocycles. The van der Waals surface area contributed by atoms with Crippen molar-refractivity contribution in [3.8, 4) is 11.1 Å². The molecule has 25 heavy (non-hydrogen) atoms. The molecule has 4 nitrogen and oxygen atoms in total. The predicted octanol–water partition coefficient (Wildman–Crippen LogP) is 3.64. The van der Waals surface area contributed by atoms with Gasteiger partial charge in [-0.25, -0.2) is 0 Å². The molecule has 0 unspecified atom stereocenters. The number of pyridine rings is 1. The highest BCUT2D eigenvalue weighted by molar-refractivity contribution is 5.95. The molecule has 0 radical (unpaired) electrons. The minimum absolute atomic E-state index is 0.0215. The standard InChI is InChI=1S/C21H23N3O/c1-3-16(2)24-12-9-20(10-13-24)23-21(25)18-7-4-6-17(14-18)19-8-5-11-22-15-19/h3-8,11,14-15,20H,1-2,9-10,12-13H2,(H,23,25). The highest BCUT2D eigenvalue weighted by Crippen LogP contribution is 2.20. The van der Waals surface area contributed by atoms with Crippen molar-refractivity contribution in [2.24, 2.45) is 0 Å². The van der Waals surface area contributed by atoms with Crippen LogP contribution in [0.5, 0.6) is 0 Å². The molecule has 1 saturated heterocycles. The zero-order valence-corrected chi connectivity index (χ0v) is 14.3. The number of nitrogens with one attached hydrogen (secondary N) is 1. The smallest absolute Gasteiger partial charge is 0.251 e. The van der Waals surface area contributed by atoms with Crippen LogP contribution in [-0.4, -0.2) is 34.9 Å². The number of aromatic nitrogens is 1. The number of hydrogen-bond acceptors (Lipinski definition) is 3. The van der Waals surface area contributed by atoms with E-state index in [2.05, 4.69) is 28.4 Å². The zero-order chi connectivity index (χ0) is 17.6. The third-order valence-electron chi connectivity index (χ3n) is 4.59. The Bertz CT molecular complexity index is 762. The molecule has 1 amide bonds. The molecule has 1 aliphatic heterocycles. The molecule has 0 spiro atoms. The van der Waals surface area contributed by atoms with Crippen molar-refractivity contribution in [2.45, 2.75) is 18.9 Å². The molecule has 1 N–H and O–H groups in total. The van der Waals surface area contributed by atoms with E-state index in [0.29, 0.717) is 5.56 Å². The van der Waals surface area contributed by atoms with Gasteiger partial charge in [0, 0.05) is 48.3 Å². The van der Waals surface area contributed by atoms with Gasteiger partial charge >= 0.3 is 0 Å². The molecule has 128 valence electrons. The molecule has 0 saturated carbocycles.